The summed E-state index contributed by atoms with van der Waals surface area (Å²) in [5.41, 5.74) is 3.92. The van der Waals surface area contributed by atoms with Gasteiger partial charge in [0.15, 0.2) is 0 Å². The Hall–Kier alpha value is -1.55. The van der Waals surface area contributed by atoms with E-state index in [9.17, 15) is 0 Å². The minimum atomic E-state index is 0.810. The molecule has 2 rings (SSSR count). The van der Waals surface area contributed by atoms with E-state index in [2.05, 4.69) is 20.3 Å². The molecule has 1 aromatic heterocycles. The molecule has 0 aliphatic carbocycles. The zero-order valence-electron chi connectivity index (χ0n) is 11.8. The molecule has 19 heavy (non-hydrogen) atoms. The molecule has 0 fully saturated rings. The first-order valence-electron chi connectivity index (χ1n) is 6.98. The SMILES string of the molecule is CC1=NCCCCNCCN=C(C)c2cccc1n2. The Kier molecular flexibility index (Phi) is 5.21. The van der Waals surface area contributed by atoms with Gasteiger partial charge in [0, 0.05) is 13.1 Å². The molecule has 0 saturated carbocycles. The first-order chi connectivity index (χ1) is 9.27. The van der Waals surface area contributed by atoms with Crippen LogP contribution in [0.1, 0.15) is 38.1 Å². The van der Waals surface area contributed by atoms with E-state index in [1.807, 2.05) is 32.0 Å². The smallest absolute Gasteiger partial charge is 0.0845 e. The van der Waals surface area contributed by atoms with E-state index in [0.29, 0.717) is 0 Å². The van der Waals surface area contributed by atoms with Gasteiger partial charge in [0.2, 0.25) is 0 Å². The lowest BCUT2D eigenvalue weighted by Gasteiger charge is -2.07. The fraction of sp³-hybridized carbons (Fsp3) is 0.533. The molecule has 1 aliphatic rings. The summed E-state index contributed by atoms with van der Waals surface area (Å²) in [7, 11) is 0. The van der Waals surface area contributed by atoms with Crippen LogP contribution < -0.4 is 5.32 Å². The fourth-order valence-corrected chi connectivity index (χ4v) is 2.04. The molecule has 0 radical (unpaired) electrons. The summed E-state index contributed by atoms with van der Waals surface area (Å²) >= 11 is 0. The maximum Gasteiger partial charge on any atom is 0.0845 e. The summed E-state index contributed by atoms with van der Waals surface area (Å²) in [6, 6.07) is 6.05. The second-order valence-corrected chi connectivity index (χ2v) is 4.80. The van der Waals surface area contributed by atoms with Crippen molar-refractivity contribution < 1.29 is 0 Å². The molecule has 0 amide bonds. The molecule has 4 nitrogen and oxygen atoms in total. The number of nitrogens with zero attached hydrogens (tertiary/aromatic N) is 3. The highest BCUT2D eigenvalue weighted by Gasteiger charge is 2.04. The van der Waals surface area contributed by atoms with Crippen LogP contribution in [0.4, 0.5) is 0 Å². The Morgan fingerprint density at radius 2 is 1.58 bits per heavy atom. The van der Waals surface area contributed by atoms with Gasteiger partial charge in [-0.25, -0.2) is 4.98 Å². The average Bonchev–Trinajstić information content (AvgIpc) is 2.44. The van der Waals surface area contributed by atoms with E-state index in [4.69, 9.17) is 0 Å². The highest BCUT2D eigenvalue weighted by molar-refractivity contribution is 6.00. The van der Waals surface area contributed by atoms with Crippen LogP contribution in [0.5, 0.6) is 0 Å². The molecule has 102 valence electrons. The molecule has 0 unspecified atom stereocenters. The lowest BCUT2D eigenvalue weighted by atomic mass is 10.2. The van der Waals surface area contributed by atoms with Crippen LogP contribution in [-0.2, 0) is 0 Å². The van der Waals surface area contributed by atoms with Gasteiger partial charge in [-0.3, -0.25) is 9.98 Å². The monoisotopic (exact) mass is 258 g/mol. The molecular formula is C15H22N4. The molecule has 2 bridgehead atoms. The van der Waals surface area contributed by atoms with Gasteiger partial charge in [0.05, 0.1) is 29.4 Å². The van der Waals surface area contributed by atoms with Crippen molar-refractivity contribution in [2.24, 2.45) is 9.98 Å². The molecule has 4 heteroatoms. The Balaban J connectivity index is 2.25. The summed E-state index contributed by atoms with van der Waals surface area (Å²) in [5.74, 6) is 0. The Labute approximate surface area is 115 Å². The standard InChI is InChI=1S/C15H22N4/c1-12-14-6-5-7-15(19-14)13(2)18-11-10-16-8-3-4-9-17-12/h5-7,16H,3-4,8-11H2,1-2H3. The predicted molar refractivity (Wildman–Crippen MR) is 80.5 cm³/mol. The van der Waals surface area contributed by atoms with Crippen molar-refractivity contribution in [1.29, 1.82) is 0 Å². The van der Waals surface area contributed by atoms with Crippen LogP contribution >= 0.6 is 0 Å². The lowest BCUT2D eigenvalue weighted by molar-refractivity contribution is 0.632. The zero-order chi connectivity index (χ0) is 13.5. The van der Waals surface area contributed by atoms with Crippen LogP contribution in [0.25, 0.3) is 0 Å². The summed E-state index contributed by atoms with van der Waals surface area (Å²) < 4.78 is 0. The van der Waals surface area contributed by atoms with Crippen molar-refractivity contribution in [3.8, 4) is 0 Å². The highest BCUT2D eigenvalue weighted by Crippen LogP contribution is 2.04. The molecule has 1 aliphatic heterocycles. The third-order valence-corrected chi connectivity index (χ3v) is 3.24. The average molecular weight is 258 g/mol. The molecular weight excluding hydrogens is 236 g/mol. The number of nitrogens with one attached hydrogen (secondary N) is 1. The molecule has 0 atom stereocenters. The number of hydrogen-bond donors (Lipinski definition) is 1. The van der Waals surface area contributed by atoms with Gasteiger partial charge in [0.1, 0.15) is 0 Å². The quantitative estimate of drug-likeness (QED) is 0.774. The zero-order valence-corrected chi connectivity index (χ0v) is 11.8. The van der Waals surface area contributed by atoms with Crippen LogP contribution in [0.2, 0.25) is 0 Å². The minimum absolute atomic E-state index is 0.810. The predicted octanol–water partition coefficient (Wildman–Crippen LogP) is 2.08. The second kappa shape index (κ2) is 7.14. The summed E-state index contributed by atoms with van der Waals surface area (Å²) in [5, 5.41) is 3.40. The normalized spacial score (nSPS) is 18.2. The van der Waals surface area contributed by atoms with Gasteiger partial charge >= 0.3 is 0 Å². The van der Waals surface area contributed by atoms with Gasteiger partial charge in [-0.15, -0.1) is 0 Å². The summed E-state index contributed by atoms with van der Waals surface area (Å²) in [4.78, 5) is 13.8. The van der Waals surface area contributed by atoms with E-state index >= 15 is 0 Å². The second-order valence-electron chi connectivity index (χ2n) is 4.80. The van der Waals surface area contributed by atoms with Crippen LogP contribution in [0.3, 0.4) is 0 Å². The Morgan fingerprint density at radius 1 is 0.895 bits per heavy atom. The van der Waals surface area contributed by atoms with E-state index in [-0.39, 0.29) is 0 Å². The largest absolute Gasteiger partial charge is 0.315 e. The number of hydrogen-bond acceptors (Lipinski definition) is 4. The lowest BCUT2D eigenvalue weighted by Crippen LogP contribution is -2.20. The maximum absolute atomic E-state index is 4.64. The molecule has 0 spiro atoms. The Morgan fingerprint density at radius 3 is 2.32 bits per heavy atom. The van der Waals surface area contributed by atoms with Crippen LogP contribution in [0, 0.1) is 0 Å². The van der Waals surface area contributed by atoms with Gasteiger partial charge in [-0.1, -0.05) is 6.07 Å². The Bertz CT molecular complexity index is 438. The number of rotatable bonds is 0. The third-order valence-electron chi connectivity index (χ3n) is 3.24. The maximum atomic E-state index is 4.64. The van der Waals surface area contributed by atoms with Crippen molar-refractivity contribution in [1.82, 2.24) is 10.3 Å². The van der Waals surface area contributed by atoms with E-state index in [1.165, 1.54) is 0 Å². The summed E-state index contributed by atoms with van der Waals surface area (Å²) in [6.45, 7) is 7.72. The molecule has 0 aromatic carbocycles. The molecule has 0 saturated heterocycles. The van der Waals surface area contributed by atoms with E-state index in [0.717, 1.165) is 61.8 Å². The molecule has 1 N–H and O–H groups in total. The summed E-state index contributed by atoms with van der Waals surface area (Å²) in [6.07, 6.45) is 2.28. The first kappa shape index (κ1) is 13.9. The van der Waals surface area contributed by atoms with Crippen LogP contribution in [0.15, 0.2) is 28.2 Å². The number of pyridine rings is 1. The topological polar surface area (TPSA) is 49.6 Å². The molecule has 1 aromatic rings. The highest BCUT2D eigenvalue weighted by atomic mass is 14.9. The van der Waals surface area contributed by atoms with Gasteiger partial charge in [0.25, 0.3) is 0 Å². The van der Waals surface area contributed by atoms with E-state index < -0.39 is 0 Å². The van der Waals surface area contributed by atoms with Crippen molar-refractivity contribution in [2.45, 2.75) is 26.7 Å². The minimum Gasteiger partial charge on any atom is -0.315 e. The first-order valence-corrected chi connectivity index (χ1v) is 6.98. The van der Waals surface area contributed by atoms with Gasteiger partial charge in [-0.05, 0) is 45.4 Å². The van der Waals surface area contributed by atoms with Crippen molar-refractivity contribution in [3.05, 3.63) is 29.6 Å². The van der Waals surface area contributed by atoms with Crippen molar-refractivity contribution in [3.63, 3.8) is 0 Å². The van der Waals surface area contributed by atoms with Gasteiger partial charge < -0.3 is 5.32 Å². The van der Waals surface area contributed by atoms with E-state index in [1.54, 1.807) is 0 Å². The number of aliphatic imine (C=N–C) groups is 2. The molecule has 2 heterocycles. The number of fused-ring (bicyclic) bond motifs is 2. The van der Waals surface area contributed by atoms with Crippen molar-refractivity contribution >= 4 is 11.4 Å². The fourth-order valence-electron chi connectivity index (χ4n) is 2.04. The number of aromatic nitrogens is 1. The van der Waals surface area contributed by atoms with Crippen molar-refractivity contribution in [2.75, 3.05) is 26.2 Å². The van der Waals surface area contributed by atoms with Gasteiger partial charge in [-0.2, -0.15) is 0 Å². The third kappa shape index (κ3) is 4.24. The van der Waals surface area contributed by atoms with Crippen LogP contribution in [-0.4, -0.2) is 42.6 Å².